The van der Waals surface area contributed by atoms with E-state index in [0.717, 1.165) is 38.5 Å². The first-order chi connectivity index (χ1) is 10.9. The lowest BCUT2D eigenvalue weighted by molar-refractivity contribution is 0.0374. The molecule has 0 aliphatic carbocycles. The van der Waals surface area contributed by atoms with Gasteiger partial charge in [0.05, 0.1) is 13.2 Å². The van der Waals surface area contributed by atoms with Crippen molar-refractivity contribution in [1.29, 1.82) is 0 Å². The predicted molar refractivity (Wildman–Crippen MR) is 90.7 cm³/mol. The minimum Gasteiger partial charge on any atom is -0.488 e. The lowest BCUT2D eigenvalue weighted by Gasteiger charge is -2.26. The lowest BCUT2D eigenvalue weighted by Crippen LogP contribution is -2.36. The first kappa shape index (κ1) is 15.5. The molecule has 1 aliphatic heterocycles. The summed E-state index contributed by atoms with van der Waals surface area (Å²) >= 11 is 1.73. The Hall–Kier alpha value is -1.36. The first-order valence-electron chi connectivity index (χ1n) is 7.94. The van der Waals surface area contributed by atoms with E-state index in [0.29, 0.717) is 6.61 Å². The second-order valence-electron chi connectivity index (χ2n) is 5.57. The zero-order valence-corrected chi connectivity index (χ0v) is 13.7. The van der Waals surface area contributed by atoms with E-state index in [4.69, 9.17) is 9.47 Å². The number of morpholine rings is 1. The number of hydrogen-bond donors (Lipinski definition) is 0. The van der Waals surface area contributed by atoms with Crippen molar-refractivity contribution >= 4 is 11.3 Å². The molecule has 0 bridgehead atoms. The van der Waals surface area contributed by atoms with Crippen LogP contribution in [0.15, 0.2) is 41.8 Å². The highest BCUT2D eigenvalue weighted by Gasteiger charge is 2.09. The van der Waals surface area contributed by atoms with Crippen molar-refractivity contribution in [1.82, 2.24) is 4.90 Å². The van der Waals surface area contributed by atoms with E-state index in [1.807, 2.05) is 0 Å². The van der Waals surface area contributed by atoms with E-state index in [2.05, 4.69) is 46.7 Å². The van der Waals surface area contributed by atoms with Gasteiger partial charge >= 0.3 is 0 Å². The second-order valence-corrected chi connectivity index (χ2v) is 6.60. The van der Waals surface area contributed by atoms with Crippen molar-refractivity contribution in [2.24, 2.45) is 0 Å². The molecule has 0 N–H and O–H groups in total. The molecule has 1 fully saturated rings. The van der Waals surface area contributed by atoms with E-state index in [1.54, 1.807) is 11.3 Å². The fourth-order valence-corrected chi connectivity index (χ4v) is 3.25. The number of hydrogen-bond acceptors (Lipinski definition) is 4. The summed E-state index contributed by atoms with van der Waals surface area (Å²) in [6, 6.07) is 12.7. The van der Waals surface area contributed by atoms with Gasteiger partial charge in [-0.3, -0.25) is 4.90 Å². The first-order valence-corrected chi connectivity index (χ1v) is 8.82. The summed E-state index contributed by atoms with van der Waals surface area (Å²) in [5, 5.41) is 2.08. The van der Waals surface area contributed by atoms with Crippen molar-refractivity contribution in [2.45, 2.75) is 19.4 Å². The summed E-state index contributed by atoms with van der Waals surface area (Å²) in [7, 11) is 0. The Morgan fingerprint density at radius 2 is 1.91 bits per heavy atom. The number of ether oxygens (including phenoxy) is 2. The molecule has 0 atom stereocenters. The highest BCUT2D eigenvalue weighted by atomic mass is 32.1. The molecule has 2 aromatic rings. The van der Waals surface area contributed by atoms with Gasteiger partial charge in [0.25, 0.3) is 0 Å². The molecular formula is C18H23NO2S. The Kier molecular flexibility index (Phi) is 5.87. The molecule has 2 heterocycles. The summed E-state index contributed by atoms with van der Waals surface area (Å²) < 4.78 is 11.2. The summed E-state index contributed by atoms with van der Waals surface area (Å²) in [4.78, 5) is 3.75. The standard InChI is InChI=1S/C18H23NO2S/c1(9-19-10-12-20-13-11-19)3-16-5-7-17(8-6-16)21-15-18-4-2-14-22-18/h2,4-8,14H,1,3,9-13,15H2. The third kappa shape index (κ3) is 4.83. The van der Waals surface area contributed by atoms with E-state index < -0.39 is 0 Å². The summed E-state index contributed by atoms with van der Waals surface area (Å²) in [6.45, 7) is 5.76. The van der Waals surface area contributed by atoms with Gasteiger partial charge in [0.1, 0.15) is 12.4 Å². The van der Waals surface area contributed by atoms with Crippen LogP contribution in [0, 0.1) is 0 Å². The van der Waals surface area contributed by atoms with Crippen LogP contribution in [0.25, 0.3) is 0 Å². The molecule has 3 nitrogen and oxygen atoms in total. The van der Waals surface area contributed by atoms with Crippen LogP contribution in [0.2, 0.25) is 0 Å². The normalized spacial score (nSPS) is 15.8. The second kappa shape index (κ2) is 8.32. The van der Waals surface area contributed by atoms with Crippen LogP contribution < -0.4 is 4.74 Å². The van der Waals surface area contributed by atoms with Crippen molar-refractivity contribution in [3.8, 4) is 5.75 Å². The topological polar surface area (TPSA) is 21.7 Å². The highest BCUT2D eigenvalue weighted by molar-refractivity contribution is 7.09. The van der Waals surface area contributed by atoms with Crippen molar-refractivity contribution in [3.63, 3.8) is 0 Å². The van der Waals surface area contributed by atoms with Gasteiger partial charge in [-0.05, 0) is 48.5 Å². The number of benzene rings is 1. The van der Waals surface area contributed by atoms with Crippen molar-refractivity contribution < 1.29 is 9.47 Å². The van der Waals surface area contributed by atoms with Gasteiger partial charge in [-0.25, -0.2) is 0 Å². The van der Waals surface area contributed by atoms with Crippen molar-refractivity contribution in [3.05, 3.63) is 52.2 Å². The Labute approximate surface area is 136 Å². The lowest BCUT2D eigenvalue weighted by atomic mass is 10.1. The zero-order valence-electron chi connectivity index (χ0n) is 12.9. The minimum atomic E-state index is 0.661. The highest BCUT2D eigenvalue weighted by Crippen LogP contribution is 2.17. The Morgan fingerprint density at radius 3 is 2.64 bits per heavy atom. The molecule has 1 aromatic heterocycles. The maximum absolute atomic E-state index is 5.79. The van der Waals surface area contributed by atoms with Crippen LogP contribution in [0.5, 0.6) is 5.75 Å². The molecule has 0 radical (unpaired) electrons. The molecule has 1 aromatic carbocycles. The summed E-state index contributed by atoms with van der Waals surface area (Å²) in [5.74, 6) is 0.949. The third-order valence-corrected chi connectivity index (χ3v) is 4.78. The van der Waals surface area contributed by atoms with Crippen LogP contribution >= 0.6 is 11.3 Å². The smallest absolute Gasteiger partial charge is 0.122 e. The molecular weight excluding hydrogens is 294 g/mol. The molecule has 0 spiro atoms. The monoisotopic (exact) mass is 317 g/mol. The molecule has 22 heavy (non-hydrogen) atoms. The molecule has 0 amide bonds. The molecule has 0 saturated carbocycles. The summed E-state index contributed by atoms with van der Waals surface area (Å²) in [6.07, 6.45) is 2.33. The van der Waals surface area contributed by atoms with Gasteiger partial charge < -0.3 is 9.47 Å². The molecule has 0 unspecified atom stereocenters. The minimum absolute atomic E-state index is 0.661. The maximum atomic E-state index is 5.79. The van der Waals surface area contributed by atoms with E-state index in [-0.39, 0.29) is 0 Å². The van der Waals surface area contributed by atoms with E-state index in [9.17, 15) is 0 Å². The van der Waals surface area contributed by atoms with Crippen LogP contribution in [0.4, 0.5) is 0 Å². The largest absolute Gasteiger partial charge is 0.488 e. The molecule has 118 valence electrons. The predicted octanol–water partition coefficient (Wildman–Crippen LogP) is 3.59. The number of rotatable bonds is 7. The fourth-order valence-electron chi connectivity index (χ4n) is 2.63. The van der Waals surface area contributed by atoms with E-state index in [1.165, 1.54) is 23.4 Å². The van der Waals surface area contributed by atoms with Crippen LogP contribution in [0.3, 0.4) is 0 Å². The number of thiophene rings is 1. The van der Waals surface area contributed by atoms with Gasteiger partial charge in [-0.1, -0.05) is 18.2 Å². The van der Waals surface area contributed by atoms with Crippen LogP contribution in [0.1, 0.15) is 16.9 Å². The van der Waals surface area contributed by atoms with Crippen LogP contribution in [-0.2, 0) is 17.8 Å². The van der Waals surface area contributed by atoms with Crippen LogP contribution in [-0.4, -0.2) is 37.7 Å². The quantitative estimate of drug-likeness (QED) is 0.779. The van der Waals surface area contributed by atoms with Gasteiger partial charge in [0.2, 0.25) is 0 Å². The Morgan fingerprint density at radius 1 is 1.09 bits per heavy atom. The van der Waals surface area contributed by atoms with E-state index >= 15 is 0 Å². The maximum Gasteiger partial charge on any atom is 0.122 e. The van der Waals surface area contributed by atoms with Gasteiger partial charge in [0, 0.05) is 18.0 Å². The Bertz CT molecular complexity index is 533. The molecule has 4 heteroatoms. The Balaban J connectivity index is 1.39. The van der Waals surface area contributed by atoms with Gasteiger partial charge in [-0.15, -0.1) is 11.3 Å². The summed E-state index contributed by atoms with van der Waals surface area (Å²) in [5.41, 5.74) is 1.39. The SMILES string of the molecule is c1csc(COc2ccc(CCCN3CCOCC3)cc2)c1. The molecule has 1 aliphatic rings. The zero-order chi connectivity index (χ0) is 15.0. The average Bonchev–Trinajstić information content (AvgIpc) is 3.09. The van der Waals surface area contributed by atoms with Crippen molar-refractivity contribution in [2.75, 3.05) is 32.8 Å². The average molecular weight is 317 g/mol. The number of aryl methyl sites for hydroxylation is 1. The third-order valence-electron chi connectivity index (χ3n) is 3.93. The molecule has 1 saturated heterocycles. The molecule has 3 rings (SSSR count). The van der Waals surface area contributed by atoms with Gasteiger partial charge in [-0.2, -0.15) is 0 Å². The fraction of sp³-hybridized carbons (Fsp3) is 0.444. The van der Waals surface area contributed by atoms with Gasteiger partial charge in [0.15, 0.2) is 0 Å². The number of nitrogens with zero attached hydrogens (tertiary/aromatic N) is 1.